The maximum Gasteiger partial charge on any atom is 0.291 e. The fourth-order valence-electron chi connectivity index (χ4n) is 2.93. The average Bonchev–Trinajstić information content (AvgIpc) is 3.02. The van der Waals surface area contributed by atoms with Crippen molar-refractivity contribution >= 4 is 33.9 Å². The van der Waals surface area contributed by atoms with Crippen LogP contribution in [0.15, 0.2) is 59.7 Å². The smallest absolute Gasteiger partial charge is 0.291 e. The minimum absolute atomic E-state index is 0.227. The summed E-state index contributed by atoms with van der Waals surface area (Å²) in [6, 6.07) is 13.0. The molecule has 8 heteroatoms. The van der Waals surface area contributed by atoms with Crippen LogP contribution in [0, 0.1) is 5.82 Å². The standard InChI is InChI=1S/C19H14ClFN4O2/c20-15-4-2-1-3-12(15)9-22-18(26)10-25-19(27)17-8-13-7-14(21)5-6-16(13)24(17)11-23-25/h1-8,11H,9-10H2,(H,22,26). The normalized spacial score (nSPS) is 11.2. The van der Waals surface area contributed by atoms with Crippen LogP contribution in [0.2, 0.25) is 5.02 Å². The number of nitrogens with zero attached hydrogens (tertiary/aromatic N) is 3. The predicted octanol–water partition coefficient (Wildman–Crippen LogP) is 2.76. The Morgan fingerprint density at radius 1 is 1.15 bits per heavy atom. The number of hydrogen-bond acceptors (Lipinski definition) is 3. The van der Waals surface area contributed by atoms with Gasteiger partial charge in [-0.05, 0) is 35.9 Å². The second-order valence-electron chi connectivity index (χ2n) is 6.06. The molecule has 0 unspecified atom stereocenters. The van der Waals surface area contributed by atoms with E-state index in [2.05, 4.69) is 10.4 Å². The van der Waals surface area contributed by atoms with Gasteiger partial charge < -0.3 is 5.32 Å². The number of fused-ring (bicyclic) bond motifs is 3. The van der Waals surface area contributed by atoms with Crippen LogP contribution < -0.4 is 10.9 Å². The van der Waals surface area contributed by atoms with Crippen LogP contribution in [0.25, 0.3) is 16.4 Å². The molecule has 0 aliphatic carbocycles. The lowest BCUT2D eigenvalue weighted by Gasteiger charge is -2.08. The maximum atomic E-state index is 13.4. The lowest BCUT2D eigenvalue weighted by Crippen LogP contribution is -2.34. The molecular weight excluding hydrogens is 371 g/mol. The van der Waals surface area contributed by atoms with Crippen LogP contribution in [0.1, 0.15) is 5.56 Å². The first-order valence-electron chi connectivity index (χ1n) is 8.19. The third-order valence-electron chi connectivity index (χ3n) is 4.29. The number of nitrogens with one attached hydrogen (secondary N) is 1. The Hall–Kier alpha value is -3.19. The van der Waals surface area contributed by atoms with Crippen LogP contribution in [-0.2, 0) is 17.9 Å². The Bertz CT molecular complexity index is 1230. The molecule has 0 aliphatic rings. The third kappa shape index (κ3) is 3.29. The SMILES string of the molecule is O=C(Cn1ncn2c(cc3cc(F)ccc32)c1=O)NCc1ccccc1Cl. The van der Waals surface area contributed by atoms with Gasteiger partial charge in [0, 0.05) is 17.0 Å². The number of amides is 1. The van der Waals surface area contributed by atoms with Gasteiger partial charge in [0.1, 0.15) is 24.2 Å². The molecule has 0 saturated heterocycles. The number of benzene rings is 2. The zero-order valence-corrected chi connectivity index (χ0v) is 14.8. The van der Waals surface area contributed by atoms with Crippen molar-refractivity contribution in [1.29, 1.82) is 0 Å². The Balaban J connectivity index is 1.57. The van der Waals surface area contributed by atoms with Crippen molar-refractivity contribution in [3.63, 3.8) is 0 Å². The monoisotopic (exact) mass is 384 g/mol. The Morgan fingerprint density at radius 2 is 1.96 bits per heavy atom. The minimum Gasteiger partial charge on any atom is -0.350 e. The first-order chi connectivity index (χ1) is 13.0. The number of rotatable bonds is 4. The Labute approximate surface area is 157 Å². The zero-order chi connectivity index (χ0) is 19.0. The molecule has 27 heavy (non-hydrogen) atoms. The molecule has 0 atom stereocenters. The molecule has 6 nitrogen and oxygen atoms in total. The zero-order valence-electron chi connectivity index (χ0n) is 14.0. The second kappa shape index (κ2) is 6.85. The molecule has 0 radical (unpaired) electrons. The predicted molar refractivity (Wildman–Crippen MR) is 100 cm³/mol. The van der Waals surface area contributed by atoms with E-state index in [1.54, 1.807) is 28.7 Å². The number of carbonyl (C=O) groups is 1. The summed E-state index contributed by atoms with van der Waals surface area (Å²) >= 11 is 6.06. The topological polar surface area (TPSA) is 68.4 Å². The lowest BCUT2D eigenvalue weighted by atomic mass is 10.2. The van der Waals surface area contributed by atoms with E-state index in [0.29, 0.717) is 21.4 Å². The molecular formula is C19H14ClFN4O2. The fraction of sp³-hybridized carbons (Fsp3) is 0.105. The van der Waals surface area contributed by atoms with E-state index in [4.69, 9.17) is 11.6 Å². The van der Waals surface area contributed by atoms with E-state index in [1.807, 2.05) is 12.1 Å². The van der Waals surface area contributed by atoms with Gasteiger partial charge in [-0.3, -0.25) is 14.0 Å². The average molecular weight is 385 g/mol. The van der Waals surface area contributed by atoms with E-state index in [-0.39, 0.29) is 24.8 Å². The van der Waals surface area contributed by atoms with Crippen molar-refractivity contribution in [2.45, 2.75) is 13.1 Å². The van der Waals surface area contributed by atoms with Crippen molar-refractivity contribution in [1.82, 2.24) is 19.5 Å². The molecule has 0 aliphatic heterocycles. The summed E-state index contributed by atoms with van der Waals surface area (Å²) in [5.41, 5.74) is 1.35. The van der Waals surface area contributed by atoms with E-state index in [9.17, 15) is 14.0 Å². The molecule has 1 N–H and O–H groups in total. The maximum absolute atomic E-state index is 13.4. The first-order valence-corrected chi connectivity index (χ1v) is 8.57. The van der Waals surface area contributed by atoms with Crippen LogP contribution in [0.4, 0.5) is 4.39 Å². The molecule has 1 amide bonds. The highest BCUT2D eigenvalue weighted by molar-refractivity contribution is 6.31. The number of halogens is 2. The van der Waals surface area contributed by atoms with E-state index >= 15 is 0 Å². The van der Waals surface area contributed by atoms with Crippen LogP contribution in [0.5, 0.6) is 0 Å². The largest absolute Gasteiger partial charge is 0.350 e. The van der Waals surface area contributed by atoms with Gasteiger partial charge in [0.25, 0.3) is 5.56 Å². The molecule has 136 valence electrons. The summed E-state index contributed by atoms with van der Waals surface area (Å²) in [5.74, 6) is -0.748. The number of aromatic nitrogens is 3. The lowest BCUT2D eigenvalue weighted by molar-refractivity contribution is -0.122. The molecule has 0 fully saturated rings. The summed E-state index contributed by atoms with van der Waals surface area (Å²) in [6.07, 6.45) is 1.44. The molecule has 0 saturated carbocycles. The highest BCUT2D eigenvalue weighted by atomic mass is 35.5. The van der Waals surface area contributed by atoms with Gasteiger partial charge in [-0.2, -0.15) is 5.10 Å². The molecule has 4 aromatic rings. The minimum atomic E-state index is -0.429. The van der Waals surface area contributed by atoms with Gasteiger partial charge in [0.2, 0.25) is 5.91 Å². The second-order valence-corrected chi connectivity index (χ2v) is 6.47. The van der Waals surface area contributed by atoms with Gasteiger partial charge in [-0.15, -0.1) is 0 Å². The highest BCUT2D eigenvalue weighted by Crippen LogP contribution is 2.18. The Morgan fingerprint density at radius 3 is 2.78 bits per heavy atom. The van der Waals surface area contributed by atoms with Gasteiger partial charge in [-0.25, -0.2) is 9.07 Å². The summed E-state index contributed by atoms with van der Waals surface area (Å²) in [5, 5.41) is 7.92. The van der Waals surface area contributed by atoms with Gasteiger partial charge in [0.05, 0.1) is 5.52 Å². The van der Waals surface area contributed by atoms with Crippen molar-refractivity contribution in [2.24, 2.45) is 0 Å². The molecule has 2 aromatic carbocycles. The van der Waals surface area contributed by atoms with Gasteiger partial charge >= 0.3 is 0 Å². The molecule has 0 bridgehead atoms. The van der Waals surface area contributed by atoms with E-state index in [0.717, 1.165) is 10.2 Å². The summed E-state index contributed by atoms with van der Waals surface area (Å²) in [4.78, 5) is 24.8. The van der Waals surface area contributed by atoms with Crippen LogP contribution in [-0.4, -0.2) is 20.1 Å². The van der Waals surface area contributed by atoms with Gasteiger partial charge in [0.15, 0.2) is 0 Å². The fourth-order valence-corrected chi connectivity index (χ4v) is 3.14. The quantitative estimate of drug-likeness (QED) is 0.588. The summed E-state index contributed by atoms with van der Waals surface area (Å²) < 4.78 is 16.1. The van der Waals surface area contributed by atoms with Crippen molar-refractivity contribution in [2.75, 3.05) is 0 Å². The molecule has 2 aromatic heterocycles. The number of hydrogen-bond donors (Lipinski definition) is 1. The van der Waals surface area contributed by atoms with Gasteiger partial charge in [-0.1, -0.05) is 29.8 Å². The molecule has 0 spiro atoms. The number of carbonyl (C=O) groups excluding carboxylic acids is 1. The third-order valence-corrected chi connectivity index (χ3v) is 4.66. The molecule has 4 rings (SSSR count). The van der Waals surface area contributed by atoms with Crippen molar-refractivity contribution in [3.05, 3.63) is 81.6 Å². The van der Waals surface area contributed by atoms with Crippen molar-refractivity contribution in [3.8, 4) is 0 Å². The van der Waals surface area contributed by atoms with Crippen LogP contribution >= 0.6 is 11.6 Å². The summed E-state index contributed by atoms with van der Waals surface area (Å²) in [7, 11) is 0. The molecule has 2 heterocycles. The van der Waals surface area contributed by atoms with E-state index in [1.165, 1.54) is 18.5 Å². The van der Waals surface area contributed by atoms with E-state index < -0.39 is 5.56 Å². The summed E-state index contributed by atoms with van der Waals surface area (Å²) in [6.45, 7) is 0.0272. The first kappa shape index (κ1) is 17.2. The van der Waals surface area contributed by atoms with Crippen molar-refractivity contribution < 1.29 is 9.18 Å². The highest BCUT2D eigenvalue weighted by Gasteiger charge is 2.12. The Kier molecular flexibility index (Phi) is 4.37. The van der Waals surface area contributed by atoms with Crippen LogP contribution in [0.3, 0.4) is 0 Å².